The molecule has 1 aliphatic heterocycles. The third-order valence-corrected chi connectivity index (χ3v) is 4.86. The zero-order valence-corrected chi connectivity index (χ0v) is 11.8. The lowest BCUT2D eigenvalue weighted by Crippen LogP contribution is -2.35. The van der Waals surface area contributed by atoms with Crippen LogP contribution in [-0.4, -0.2) is 13.1 Å². The zero-order chi connectivity index (χ0) is 12.6. The van der Waals surface area contributed by atoms with Crippen LogP contribution in [0.25, 0.3) is 0 Å². The van der Waals surface area contributed by atoms with Gasteiger partial charge in [-0.2, -0.15) is 0 Å². The quantitative estimate of drug-likeness (QED) is 0.743. The summed E-state index contributed by atoms with van der Waals surface area (Å²) in [6.07, 6.45) is 8.36. The number of hydrogen-bond acceptors (Lipinski definition) is 1. The van der Waals surface area contributed by atoms with Gasteiger partial charge >= 0.3 is 0 Å². The Labute approximate surface area is 111 Å². The summed E-state index contributed by atoms with van der Waals surface area (Å²) >= 11 is 0. The minimum absolute atomic E-state index is 0.495. The van der Waals surface area contributed by atoms with Gasteiger partial charge in [-0.15, -0.1) is 0 Å². The van der Waals surface area contributed by atoms with Gasteiger partial charge in [-0.25, -0.2) is 0 Å². The number of anilines is 1. The molecule has 18 heavy (non-hydrogen) atoms. The molecule has 0 bridgehead atoms. The molecule has 1 saturated carbocycles. The summed E-state index contributed by atoms with van der Waals surface area (Å²) in [5.74, 6) is 0. The van der Waals surface area contributed by atoms with E-state index in [0.717, 1.165) is 0 Å². The molecule has 0 aromatic heterocycles. The smallest absolute Gasteiger partial charge is 0.0405 e. The minimum atomic E-state index is 0.495. The fourth-order valence-electron chi connectivity index (χ4n) is 4.01. The molecule has 98 valence electrons. The first kappa shape index (κ1) is 12.1. The van der Waals surface area contributed by atoms with Crippen LogP contribution in [0.4, 0.5) is 5.69 Å². The third-order valence-electron chi connectivity index (χ3n) is 4.86. The van der Waals surface area contributed by atoms with E-state index < -0.39 is 0 Å². The highest BCUT2D eigenvalue weighted by Gasteiger charge is 2.42. The average molecular weight is 243 g/mol. The van der Waals surface area contributed by atoms with Crippen molar-refractivity contribution in [3.8, 4) is 0 Å². The molecule has 1 spiro atoms. The summed E-state index contributed by atoms with van der Waals surface area (Å²) < 4.78 is 0. The molecule has 0 radical (unpaired) electrons. The average Bonchev–Trinajstić information content (AvgIpc) is 2.65. The van der Waals surface area contributed by atoms with Gasteiger partial charge in [0.2, 0.25) is 0 Å². The monoisotopic (exact) mass is 243 g/mol. The maximum Gasteiger partial charge on any atom is 0.0405 e. The van der Waals surface area contributed by atoms with Gasteiger partial charge in [0.15, 0.2) is 0 Å². The first-order valence-corrected chi connectivity index (χ1v) is 7.61. The Morgan fingerprint density at radius 2 is 1.94 bits per heavy atom. The maximum atomic E-state index is 2.64. The summed E-state index contributed by atoms with van der Waals surface area (Å²) in [7, 11) is 0. The first-order valence-electron chi connectivity index (χ1n) is 7.61. The standard InChI is InChI=1S/C17H25N/c1-3-11-18-13-17(9-5-4-6-10-17)15-12-14(2)7-8-16(15)18/h7-8,12H,3-6,9-11,13H2,1-2H3. The number of rotatable bonds is 2. The Kier molecular flexibility index (Phi) is 3.09. The maximum absolute atomic E-state index is 2.64. The molecule has 0 saturated heterocycles. The van der Waals surface area contributed by atoms with Crippen LogP contribution in [0.2, 0.25) is 0 Å². The summed E-state index contributed by atoms with van der Waals surface area (Å²) in [4.78, 5) is 2.64. The highest BCUT2D eigenvalue weighted by molar-refractivity contribution is 5.63. The highest BCUT2D eigenvalue weighted by Crippen LogP contribution is 2.49. The molecule has 0 atom stereocenters. The lowest BCUT2D eigenvalue weighted by Gasteiger charge is -2.34. The molecule has 1 heterocycles. The van der Waals surface area contributed by atoms with E-state index in [1.807, 2.05) is 0 Å². The summed E-state index contributed by atoms with van der Waals surface area (Å²) in [5, 5.41) is 0. The largest absolute Gasteiger partial charge is 0.370 e. The van der Waals surface area contributed by atoms with Crippen molar-refractivity contribution in [2.45, 2.75) is 57.8 Å². The second-order valence-electron chi connectivity index (χ2n) is 6.28. The van der Waals surface area contributed by atoms with Crippen molar-refractivity contribution in [3.05, 3.63) is 29.3 Å². The van der Waals surface area contributed by atoms with E-state index in [1.54, 1.807) is 5.56 Å². The van der Waals surface area contributed by atoms with Crippen LogP contribution >= 0.6 is 0 Å². The van der Waals surface area contributed by atoms with Gasteiger partial charge in [-0.05, 0) is 37.8 Å². The van der Waals surface area contributed by atoms with Gasteiger partial charge in [-0.1, -0.05) is 43.9 Å². The second kappa shape index (κ2) is 4.60. The molecule has 2 aliphatic rings. The van der Waals surface area contributed by atoms with E-state index in [4.69, 9.17) is 0 Å². The van der Waals surface area contributed by atoms with Gasteiger partial charge in [-0.3, -0.25) is 0 Å². The molecule has 1 heteroatoms. The van der Waals surface area contributed by atoms with E-state index in [9.17, 15) is 0 Å². The van der Waals surface area contributed by atoms with E-state index in [-0.39, 0.29) is 0 Å². The van der Waals surface area contributed by atoms with Crippen LogP contribution in [0.3, 0.4) is 0 Å². The molecule has 1 fully saturated rings. The lowest BCUT2D eigenvalue weighted by atomic mass is 9.70. The van der Waals surface area contributed by atoms with Crippen molar-refractivity contribution in [2.24, 2.45) is 0 Å². The highest BCUT2D eigenvalue weighted by atomic mass is 15.2. The Hall–Kier alpha value is -0.980. The first-order chi connectivity index (χ1) is 8.75. The molecule has 0 amide bonds. The fourth-order valence-corrected chi connectivity index (χ4v) is 4.01. The number of aryl methyl sites for hydroxylation is 1. The van der Waals surface area contributed by atoms with Gasteiger partial charge < -0.3 is 4.90 Å². The predicted molar refractivity (Wildman–Crippen MR) is 78.4 cm³/mol. The molecular formula is C17H25N. The molecule has 1 aromatic carbocycles. The summed E-state index contributed by atoms with van der Waals surface area (Å²) in [6, 6.07) is 7.11. The fraction of sp³-hybridized carbons (Fsp3) is 0.647. The van der Waals surface area contributed by atoms with E-state index >= 15 is 0 Å². The van der Waals surface area contributed by atoms with E-state index in [0.29, 0.717) is 5.41 Å². The SMILES string of the molecule is CCCN1CC2(CCCCC2)c2cc(C)ccc21. The van der Waals surface area contributed by atoms with Crippen molar-refractivity contribution >= 4 is 5.69 Å². The van der Waals surface area contributed by atoms with Crippen LogP contribution in [0, 0.1) is 6.92 Å². The Bertz CT molecular complexity index is 429. The van der Waals surface area contributed by atoms with Crippen molar-refractivity contribution in [2.75, 3.05) is 18.0 Å². The van der Waals surface area contributed by atoms with Crippen molar-refractivity contribution < 1.29 is 0 Å². The Balaban J connectivity index is 2.02. The normalized spacial score (nSPS) is 21.3. The lowest BCUT2D eigenvalue weighted by molar-refractivity contribution is 0.310. The van der Waals surface area contributed by atoms with Crippen LogP contribution in [0.5, 0.6) is 0 Å². The third kappa shape index (κ3) is 1.84. The second-order valence-corrected chi connectivity index (χ2v) is 6.28. The molecular weight excluding hydrogens is 218 g/mol. The van der Waals surface area contributed by atoms with Gasteiger partial charge in [0, 0.05) is 24.2 Å². The van der Waals surface area contributed by atoms with Gasteiger partial charge in [0.1, 0.15) is 0 Å². The van der Waals surface area contributed by atoms with E-state index in [1.165, 1.54) is 62.9 Å². The summed E-state index contributed by atoms with van der Waals surface area (Å²) in [6.45, 7) is 7.02. The number of nitrogens with zero attached hydrogens (tertiary/aromatic N) is 1. The Morgan fingerprint density at radius 3 is 2.67 bits per heavy atom. The number of benzene rings is 1. The Morgan fingerprint density at radius 1 is 1.17 bits per heavy atom. The molecule has 0 unspecified atom stereocenters. The molecule has 0 N–H and O–H groups in total. The van der Waals surface area contributed by atoms with Gasteiger partial charge in [0.05, 0.1) is 0 Å². The van der Waals surface area contributed by atoms with Gasteiger partial charge in [0.25, 0.3) is 0 Å². The van der Waals surface area contributed by atoms with Crippen LogP contribution in [0.15, 0.2) is 18.2 Å². The van der Waals surface area contributed by atoms with E-state index in [2.05, 4.69) is 36.9 Å². The molecule has 1 aromatic rings. The topological polar surface area (TPSA) is 3.24 Å². The van der Waals surface area contributed by atoms with Crippen molar-refractivity contribution in [1.29, 1.82) is 0 Å². The molecule has 3 rings (SSSR count). The number of fused-ring (bicyclic) bond motifs is 2. The number of hydrogen-bond donors (Lipinski definition) is 0. The van der Waals surface area contributed by atoms with Crippen LogP contribution < -0.4 is 4.90 Å². The summed E-state index contributed by atoms with van der Waals surface area (Å²) in [5.41, 5.74) is 5.12. The predicted octanol–water partition coefficient (Wildman–Crippen LogP) is 4.43. The zero-order valence-electron chi connectivity index (χ0n) is 11.8. The van der Waals surface area contributed by atoms with Crippen LogP contribution in [0.1, 0.15) is 56.6 Å². The van der Waals surface area contributed by atoms with Crippen molar-refractivity contribution in [1.82, 2.24) is 0 Å². The minimum Gasteiger partial charge on any atom is -0.370 e. The molecule has 1 aliphatic carbocycles. The van der Waals surface area contributed by atoms with Crippen molar-refractivity contribution in [3.63, 3.8) is 0 Å². The molecule has 1 nitrogen and oxygen atoms in total. The van der Waals surface area contributed by atoms with Crippen LogP contribution in [-0.2, 0) is 5.41 Å².